The first kappa shape index (κ1) is 21.6. The average Bonchev–Trinajstić information content (AvgIpc) is 2.99. The van der Waals surface area contributed by atoms with Gasteiger partial charge in [0.15, 0.2) is 0 Å². The van der Waals surface area contributed by atoms with Gasteiger partial charge in [0.2, 0.25) is 0 Å². The first-order chi connectivity index (χ1) is 13.9. The van der Waals surface area contributed by atoms with Gasteiger partial charge in [0.25, 0.3) is 11.5 Å². The number of carbonyl (C=O) groups excluding carboxylic acids is 1. The van der Waals surface area contributed by atoms with Crippen LogP contribution in [-0.4, -0.2) is 52.5 Å². The van der Waals surface area contributed by atoms with Crippen molar-refractivity contribution < 1.29 is 9.53 Å². The molecule has 1 amide bonds. The summed E-state index contributed by atoms with van der Waals surface area (Å²) in [6.45, 7) is 9.07. The number of nitrogens with zero attached hydrogens (tertiary/aromatic N) is 4. The number of hydrogen-bond donors (Lipinski definition) is 0. The van der Waals surface area contributed by atoms with E-state index in [0.717, 1.165) is 17.8 Å². The number of amides is 1. The molecule has 0 radical (unpaired) electrons. The van der Waals surface area contributed by atoms with Crippen LogP contribution in [0.1, 0.15) is 37.0 Å². The zero-order chi connectivity index (χ0) is 21.1. The van der Waals surface area contributed by atoms with Gasteiger partial charge in [0.05, 0.1) is 18.1 Å². The third-order valence-electron chi connectivity index (χ3n) is 5.07. The Hall–Kier alpha value is -2.15. The molecule has 0 atom stereocenters. The molecule has 3 rings (SSSR count). The van der Waals surface area contributed by atoms with Crippen molar-refractivity contribution in [2.24, 2.45) is 0 Å². The zero-order valence-electron chi connectivity index (χ0n) is 16.9. The van der Waals surface area contributed by atoms with Crippen LogP contribution in [0.25, 0.3) is 6.08 Å². The Morgan fingerprint density at radius 1 is 1.28 bits per heavy atom. The minimum absolute atomic E-state index is 0.118. The van der Waals surface area contributed by atoms with Crippen LogP contribution in [0.5, 0.6) is 0 Å². The molecule has 0 aromatic carbocycles. The van der Waals surface area contributed by atoms with Gasteiger partial charge in [-0.3, -0.25) is 19.1 Å². The van der Waals surface area contributed by atoms with Crippen LogP contribution in [0.15, 0.2) is 9.70 Å². The van der Waals surface area contributed by atoms with E-state index in [1.807, 2.05) is 13.8 Å². The number of anilines is 1. The quantitative estimate of drug-likeness (QED) is 0.522. The maximum absolute atomic E-state index is 13.0. The smallest absolute Gasteiger partial charge is 0.270 e. The molecule has 154 valence electrons. The number of hydrogen-bond acceptors (Lipinski definition) is 7. The molecule has 2 fully saturated rings. The van der Waals surface area contributed by atoms with E-state index in [1.165, 1.54) is 11.8 Å². The van der Waals surface area contributed by atoms with Gasteiger partial charge in [-0.2, -0.15) is 5.26 Å². The predicted octanol–water partition coefficient (Wildman–Crippen LogP) is 2.50. The van der Waals surface area contributed by atoms with Crippen LogP contribution < -0.4 is 10.5 Å². The van der Waals surface area contributed by atoms with Crippen LogP contribution >= 0.6 is 24.0 Å². The second kappa shape index (κ2) is 9.11. The van der Waals surface area contributed by atoms with E-state index < -0.39 is 0 Å². The predicted molar refractivity (Wildman–Crippen MR) is 119 cm³/mol. The van der Waals surface area contributed by atoms with Crippen molar-refractivity contribution >= 4 is 46.1 Å². The fourth-order valence-corrected chi connectivity index (χ4v) is 4.96. The van der Waals surface area contributed by atoms with Crippen molar-refractivity contribution in [2.75, 3.05) is 37.7 Å². The highest BCUT2D eigenvalue weighted by Gasteiger charge is 2.32. The Kier molecular flexibility index (Phi) is 6.77. The lowest BCUT2D eigenvalue weighted by atomic mass is 10.0. The van der Waals surface area contributed by atoms with Crippen LogP contribution in [-0.2, 0) is 16.1 Å². The van der Waals surface area contributed by atoms with E-state index in [4.69, 9.17) is 17.0 Å². The number of nitriles is 1. The van der Waals surface area contributed by atoms with Crippen LogP contribution in [0.4, 0.5) is 5.82 Å². The van der Waals surface area contributed by atoms with Crippen LogP contribution in [0.2, 0.25) is 0 Å². The molecule has 0 saturated carbocycles. The molecule has 0 aliphatic carbocycles. The van der Waals surface area contributed by atoms with Gasteiger partial charge in [0.1, 0.15) is 21.8 Å². The normalized spacial score (nSPS) is 18.6. The molecule has 0 N–H and O–H groups in total. The number of pyridine rings is 1. The molecule has 1 aromatic rings. The number of ether oxygens (including phenoxy) is 1. The third kappa shape index (κ3) is 3.97. The molecule has 3 heterocycles. The Morgan fingerprint density at radius 2 is 1.97 bits per heavy atom. The maximum atomic E-state index is 13.0. The minimum Gasteiger partial charge on any atom is -0.378 e. The SMILES string of the molecule is CCCn1c(N2CCOCC2)c(/C=C2/SC(=S)N(CC)C2=O)c(C)c(C#N)c1=O. The van der Waals surface area contributed by atoms with Crippen LogP contribution in [0.3, 0.4) is 0 Å². The number of aromatic nitrogens is 1. The lowest BCUT2D eigenvalue weighted by molar-refractivity contribution is -0.121. The first-order valence-corrected chi connectivity index (χ1v) is 10.9. The highest BCUT2D eigenvalue weighted by molar-refractivity contribution is 8.26. The first-order valence-electron chi connectivity index (χ1n) is 9.70. The summed E-state index contributed by atoms with van der Waals surface area (Å²) in [6.07, 6.45) is 2.55. The molecule has 0 spiro atoms. The van der Waals surface area contributed by atoms with Crippen molar-refractivity contribution in [1.82, 2.24) is 9.47 Å². The molecule has 9 heteroatoms. The fraction of sp³-hybridized carbons (Fsp3) is 0.500. The van der Waals surface area contributed by atoms with Crippen molar-refractivity contribution in [3.63, 3.8) is 0 Å². The Morgan fingerprint density at radius 3 is 2.52 bits per heavy atom. The summed E-state index contributed by atoms with van der Waals surface area (Å²) in [4.78, 5) is 30.0. The third-order valence-corrected chi connectivity index (χ3v) is 6.45. The molecular weight excluding hydrogens is 408 g/mol. The van der Waals surface area contributed by atoms with E-state index in [0.29, 0.717) is 54.2 Å². The van der Waals surface area contributed by atoms with Gasteiger partial charge in [-0.25, -0.2) is 0 Å². The van der Waals surface area contributed by atoms with Crippen molar-refractivity contribution in [3.8, 4) is 6.07 Å². The zero-order valence-corrected chi connectivity index (χ0v) is 18.5. The van der Waals surface area contributed by atoms with E-state index >= 15 is 0 Å². The number of carbonyl (C=O) groups is 1. The van der Waals surface area contributed by atoms with E-state index in [1.54, 1.807) is 22.5 Å². The molecule has 0 bridgehead atoms. The monoisotopic (exact) mass is 432 g/mol. The topological polar surface area (TPSA) is 78.6 Å². The van der Waals surface area contributed by atoms with Gasteiger partial charge < -0.3 is 9.64 Å². The Balaban J connectivity index is 2.27. The molecule has 2 aliphatic rings. The lowest BCUT2D eigenvalue weighted by Crippen LogP contribution is -2.41. The molecule has 7 nitrogen and oxygen atoms in total. The summed E-state index contributed by atoms with van der Waals surface area (Å²) in [5.41, 5.74) is 1.15. The van der Waals surface area contributed by atoms with Gasteiger partial charge in [-0.15, -0.1) is 0 Å². The lowest BCUT2D eigenvalue weighted by Gasteiger charge is -2.33. The highest BCUT2D eigenvalue weighted by Crippen LogP contribution is 2.35. The molecule has 0 unspecified atom stereocenters. The number of likely N-dealkylation sites (N-methyl/N-ethyl adjacent to an activating group) is 1. The molecule has 2 saturated heterocycles. The van der Waals surface area contributed by atoms with E-state index in [-0.39, 0.29) is 17.0 Å². The van der Waals surface area contributed by atoms with E-state index in [2.05, 4.69) is 11.0 Å². The van der Waals surface area contributed by atoms with Gasteiger partial charge in [-0.1, -0.05) is 30.9 Å². The number of thioether (sulfide) groups is 1. The highest BCUT2D eigenvalue weighted by atomic mass is 32.2. The largest absolute Gasteiger partial charge is 0.378 e. The standard InChI is InChI=1S/C20H24N4O3S2/c1-4-6-24-17(22-7-9-27-10-8-22)14(13(3)15(12-21)18(24)25)11-16-19(26)23(5-2)20(28)29-16/h11H,4-10H2,1-3H3/b16-11+. The van der Waals surface area contributed by atoms with Crippen molar-refractivity contribution in [3.05, 3.63) is 31.9 Å². The molecular formula is C20H24N4O3S2. The Bertz CT molecular complexity index is 971. The Labute approximate surface area is 179 Å². The summed E-state index contributed by atoms with van der Waals surface area (Å²) in [5.74, 6) is 0.611. The van der Waals surface area contributed by atoms with Crippen molar-refractivity contribution in [2.45, 2.75) is 33.7 Å². The summed E-state index contributed by atoms with van der Waals surface area (Å²) in [7, 11) is 0. The number of rotatable bonds is 5. The number of morpholine rings is 1. The number of thiocarbonyl (C=S) groups is 1. The summed E-state index contributed by atoms with van der Waals surface area (Å²) in [5, 5.41) is 9.63. The summed E-state index contributed by atoms with van der Waals surface area (Å²) >= 11 is 6.59. The molecule has 29 heavy (non-hydrogen) atoms. The van der Waals surface area contributed by atoms with Gasteiger partial charge >= 0.3 is 0 Å². The summed E-state index contributed by atoms with van der Waals surface area (Å²) in [6, 6.07) is 2.06. The maximum Gasteiger partial charge on any atom is 0.270 e. The molecule has 2 aliphatic heterocycles. The van der Waals surface area contributed by atoms with Gasteiger partial charge in [-0.05, 0) is 31.9 Å². The second-order valence-electron chi connectivity index (χ2n) is 6.83. The van der Waals surface area contributed by atoms with Crippen LogP contribution in [0, 0.1) is 18.3 Å². The second-order valence-corrected chi connectivity index (χ2v) is 8.51. The summed E-state index contributed by atoms with van der Waals surface area (Å²) < 4.78 is 7.68. The molecule has 1 aromatic heterocycles. The average molecular weight is 433 g/mol. The fourth-order valence-electron chi connectivity index (χ4n) is 3.59. The van der Waals surface area contributed by atoms with Gasteiger partial charge in [0, 0.05) is 31.7 Å². The minimum atomic E-state index is -0.286. The van der Waals surface area contributed by atoms with Crippen molar-refractivity contribution in [1.29, 1.82) is 5.26 Å². The van der Waals surface area contributed by atoms with E-state index in [9.17, 15) is 14.9 Å².